The Morgan fingerprint density at radius 3 is 2.52 bits per heavy atom. The van der Waals surface area contributed by atoms with E-state index in [1.165, 1.54) is 11.3 Å². The van der Waals surface area contributed by atoms with Gasteiger partial charge in [-0.3, -0.25) is 14.9 Å². The molecule has 0 saturated carbocycles. The van der Waals surface area contributed by atoms with Gasteiger partial charge in [0.25, 0.3) is 5.91 Å². The molecule has 4 rings (SSSR count). The summed E-state index contributed by atoms with van der Waals surface area (Å²) >= 11 is 1.33. The van der Waals surface area contributed by atoms with E-state index in [0.717, 1.165) is 10.6 Å². The zero-order valence-corrected chi connectivity index (χ0v) is 17.0. The highest BCUT2D eigenvalue weighted by Gasteiger charge is 2.19. The molecular formula is C22H19N3O3S. The lowest BCUT2D eigenvalue weighted by atomic mass is 10.0. The van der Waals surface area contributed by atoms with Crippen LogP contribution < -0.4 is 10.7 Å². The van der Waals surface area contributed by atoms with E-state index in [9.17, 15) is 9.59 Å². The van der Waals surface area contributed by atoms with Crippen LogP contribution in [-0.2, 0) is 0 Å². The predicted octanol–water partition coefficient (Wildman–Crippen LogP) is 5.00. The van der Waals surface area contributed by atoms with Crippen molar-refractivity contribution in [2.75, 3.05) is 5.32 Å². The summed E-state index contributed by atoms with van der Waals surface area (Å²) < 4.78 is 6.10. The number of carbonyl (C=O) groups excluding carboxylic acids is 1. The number of hydrogen-bond acceptors (Lipinski definition) is 6. The molecule has 0 unspecified atom stereocenters. The smallest absolute Gasteiger partial charge is 0.261 e. The molecule has 0 spiro atoms. The Bertz CT molecular complexity index is 1260. The van der Waals surface area contributed by atoms with Crippen LogP contribution in [0.15, 0.2) is 57.7 Å². The summed E-state index contributed by atoms with van der Waals surface area (Å²) in [4.78, 5) is 25.8. The fourth-order valence-electron chi connectivity index (χ4n) is 3.04. The van der Waals surface area contributed by atoms with Gasteiger partial charge in [-0.05, 0) is 19.1 Å². The molecule has 1 N–H and O–H groups in total. The van der Waals surface area contributed by atoms with Gasteiger partial charge >= 0.3 is 0 Å². The van der Waals surface area contributed by atoms with Crippen molar-refractivity contribution in [3.63, 3.8) is 0 Å². The molecule has 0 fully saturated rings. The summed E-state index contributed by atoms with van der Waals surface area (Å²) in [6.07, 6.45) is 0. The Morgan fingerprint density at radius 2 is 1.83 bits per heavy atom. The summed E-state index contributed by atoms with van der Waals surface area (Å²) in [6, 6.07) is 14.4. The van der Waals surface area contributed by atoms with Crippen LogP contribution in [0.5, 0.6) is 0 Å². The minimum Gasteiger partial charge on any atom is -0.455 e. The molecule has 29 heavy (non-hydrogen) atoms. The average Bonchev–Trinajstić information content (AvgIpc) is 3.19. The molecule has 0 aliphatic heterocycles. The lowest BCUT2D eigenvalue weighted by Crippen LogP contribution is -2.14. The topological polar surface area (TPSA) is 85.1 Å². The van der Waals surface area contributed by atoms with Crippen molar-refractivity contribution in [3.8, 4) is 11.3 Å². The molecule has 6 nitrogen and oxygen atoms in total. The molecule has 0 radical (unpaired) electrons. The van der Waals surface area contributed by atoms with Gasteiger partial charge in [-0.2, -0.15) is 0 Å². The largest absolute Gasteiger partial charge is 0.455 e. The van der Waals surface area contributed by atoms with Gasteiger partial charge < -0.3 is 4.42 Å². The minimum absolute atomic E-state index is 0.155. The van der Waals surface area contributed by atoms with Crippen molar-refractivity contribution in [1.82, 2.24) is 10.2 Å². The number of para-hydroxylation sites is 1. The third kappa shape index (κ3) is 3.56. The molecular weight excluding hydrogens is 386 g/mol. The third-order valence-corrected chi connectivity index (χ3v) is 5.72. The summed E-state index contributed by atoms with van der Waals surface area (Å²) in [5.74, 6) is 0.291. The first-order chi connectivity index (χ1) is 14.0. The number of carbonyl (C=O) groups is 1. The molecule has 4 aromatic rings. The van der Waals surface area contributed by atoms with E-state index < -0.39 is 5.91 Å². The summed E-state index contributed by atoms with van der Waals surface area (Å²) in [6.45, 7) is 5.76. The molecule has 0 aliphatic rings. The maximum Gasteiger partial charge on any atom is 0.261 e. The first-order valence-electron chi connectivity index (χ1n) is 9.22. The molecule has 2 aromatic heterocycles. The van der Waals surface area contributed by atoms with Crippen LogP contribution in [-0.4, -0.2) is 16.1 Å². The molecule has 0 aliphatic carbocycles. The highest BCUT2D eigenvalue weighted by Crippen LogP contribution is 2.28. The van der Waals surface area contributed by atoms with Crippen molar-refractivity contribution >= 4 is 33.3 Å². The Kier molecular flexibility index (Phi) is 4.98. The van der Waals surface area contributed by atoms with Gasteiger partial charge in [-0.1, -0.05) is 61.6 Å². The van der Waals surface area contributed by atoms with Gasteiger partial charge in [0.2, 0.25) is 5.13 Å². The number of hydrogen-bond donors (Lipinski definition) is 1. The van der Waals surface area contributed by atoms with Crippen LogP contribution in [0.1, 0.15) is 40.7 Å². The predicted molar refractivity (Wildman–Crippen MR) is 115 cm³/mol. The van der Waals surface area contributed by atoms with Crippen molar-refractivity contribution in [2.24, 2.45) is 0 Å². The lowest BCUT2D eigenvalue weighted by Gasteiger charge is -2.10. The first kappa shape index (κ1) is 19.0. The second kappa shape index (κ2) is 7.60. The zero-order valence-electron chi connectivity index (χ0n) is 16.2. The Hall–Kier alpha value is -3.32. The number of rotatable bonds is 4. The molecule has 0 bridgehead atoms. The highest BCUT2D eigenvalue weighted by molar-refractivity contribution is 7.15. The number of fused-ring (bicyclic) bond motifs is 1. The van der Waals surface area contributed by atoms with Gasteiger partial charge in [0.1, 0.15) is 10.8 Å². The number of benzene rings is 2. The van der Waals surface area contributed by atoms with E-state index in [1.807, 2.05) is 44.2 Å². The van der Waals surface area contributed by atoms with Gasteiger partial charge in [0, 0.05) is 17.0 Å². The quantitative estimate of drug-likeness (QED) is 0.517. The van der Waals surface area contributed by atoms with Crippen LogP contribution in [0.25, 0.3) is 22.3 Å². The maximum atomic E-state index is 12.9. The van der Waals surface area contributed by atoms with Gasteiger partial charge in [-0.15, -0.1) is 10.2 Å². The van der Waals surface area contributed by atoms with Crippen molar-refractivity contribution in [2.45, 2.75) is 26.7 Å². The number of nitrogens with zero attached hydrogens (tertiary/aromatic N) is 2. The molecule has 0 saturated heterocycles. The molecule has 7 heteroatoms. The van der Waals surface area contributed by atoms with E-state index in [0.29, 0.717) is 21.8 Å². The van der Waals surface area contributed by atoms with Gasteiger partial charge in [0.05, 0.1) is 10.9 Å². The minimum atomic E-state index is -0.395. The first-order valence-corrected chi connectivity index (χ1v) is 10.0. The van der Waals surface area contributed by atoms with Crippen molar-refractivity contribution in [3.05, 3.63) is 74.9 Å². The Balaban J connectivity index is 1.81. The zero-order chi connectivity index (χ0) is 20.5. The van der Waals surface area contributed by atoms with Crippen LogP contribution in [0.2, 0.25) is 0 Å². The summed E-state index contributed by atoms with van der Waals surface area (Å²) in [7, 11) is 0. The lowest BCUT2D eigenvalue weighted by molar-refractivity contribution is 0.102. The monoisotopic (exact) mass is 405 g/mol. The van der Waals surface area contributed by atoms with Crippen LogP contribution in [0, 0.1) is 6.92 Å². The second-order valence-corrected chi connectivity index (χ2v) is 8.00. The van der Waals surface area contributed by atoms with Crippen LogP contribution in [0.3, 0.4) is 0 Å². The second-order valence-electron chi connectivity index (χ2n) is 6.99. The Labute approximate surface area is 171 Å². The number of anilines is 1. The van der Waals surface area contributed by atoms with E-state index in [4.69, 9.17) is 4.42 Å². The highest BCUT2D eigenvalue weighted by atomic mass is 32.1. The Morgan fingerprint density at radius 1 is 1.07 bits per heavy atom. The fraction of sp³-hybridized carbons (Fsp3) is 0.182. The molecule has 2 heterocycles. The van der Waals surface area contributed by atoms with E-state index in [2.05, 4.69) is 15.5 Å². The number of aromatic nitrogens is 2. The summed E-state index contributed by atoms with van der Waals surface area (Å²) in [5, 5.41) is 12.5. The van der Waals surface area contributed by atoms with Crippen LogP contribution in [0.4, 0.5) is 5.13 Å². The number of nitrogens with one attached hydrogen (secondary N) is 1. The van der Waals surface area contributed by atoms with Gasteiger partial charge in [0.15, 0.2) is 11.0 Å². The van der Waals surface area contributed by atoms with Crippen molar-refractivity contribution < 1.29 is 9.21 Å². The molecule has 146 valence electrons. The van der Waals surface area contributed by atoms with E-state index >= 15 is 0 Å². The summed E-state index contributed by atoms with van der Waals surface area (Å²) in [5.41, 5.74) is 1.67. The SMILES string of the molecule is Cc1c(-c2ccccc2)oc2c(C(=O)Nc3nnc(C(C)C)s3)cccc2c1=O. The van der Waals surface area contributed by atoms with Crippen molar-refractivity contribution in [1.29, 1.82) is 0 Å². The number of amides is 1. The molecule has 1 amide bonds. The molecule has 0 atom stereocenters. The third-order valence-electron chi connectivity index (χ3n) is 4.58. The average molecular weight is 405 g/mol. The standard InChI is InChI=1S/C22H19N3O3S/c1-12(2)21-24-25-22(29-21)23-20(27)16-11-7-10-15-17(26)13(3)18(28-19(15)16)14-8-5-4-6-9-14/h4-12H,1-3H3,(H,23,25,27). The van der Waals surface area contributed by atoms with Crippen LogP contribution >= 0.6 is 11.3 Å². The van der Waals surface area contributed by atoms with E-state index in [-0.39, 0.29) is 22.5 Å². The maximum absolute atomic E-state index is 12.9. The van der Waals surface area contributed by atoms with Gasteiger partial charge in [-0.25, -0.2) is 0 Å². The van der Waals surface area contributed by atoms with E-state index in [1.54, 1.807) is 25.1 Å². The normalized spacial score (nSPS) is 11.2. The molecule has 2 aromatic carbocycles. The fourth-order valence-corrected chi connectivity index (χ4v) is 3.78.